The van der Waals surface area contributed by atoms with Crippen molar-refractivity contribution in [2.45, 2.75) is 0 Å². The van der Waals surface area contributed by atoms with Crippen LogP contribution in [-0.2, 0) is 53.6 Å². The van der Waals surface area contributed by atoms with Crippen molar-refractivity contribution in [3.63, 3.8) is 0 Å². The molecule has 0 rings (SSSR count). The van der Waals surface area contributed by atoms with Crippen LogP contribution in [-0.4, -0.2) is 80.9 Å². The van der Waals surface area contributed by atoms with E-state index in [1.807, 2.05) is 0 Å². The molecule has 0 aromatic carbocycles. The van der Waals surface area contributed by atoms with E-state index < -0.39 is 0 Å². The zero-order valence-electron chi connectivity index (χ0n) is 1.36. The first-order valence-corrected chi connectivity index (χ1v) is 0. The Morgan fingerprint density at radius 3 is 1.00 bits per heavy atom. The van der Waals surface area contributed by atoms with E-state index in [1.54, 1.807) is 0 Å². The average molecular weight is 249 g/mol. The van der Waals surface area contributed by atoms with Crippen LogP contribution in [0.25, 0.3) is 0 Å². The monoisotopic (exact) mass is 247 g/mol. The summed E-state index contributed by atoms with van der Waals surface area (Å²) >= 11 is 0. The molecular weight excluding hydrogens is 247 g/mol. The van der Waals surface area contributed by atoms with Crippen molar-refractivity contribution in [1.82, 2.24) is 0 Å². The third-order valence-electron chi connectivity index (χ3n) is 0. The Morgan fingerprint density at radius 1 is 1.00 bits per heavy atom. The second kappa shape index (κ2) is 23.9. The van der Waals surface area contributed by atoms with Gasteiger partial charge in [0.2, 0.25) is 0 Å². The Labute approximate surface area is 131 Å². The Kier molecular flexibility index (Phi) is 166. The van der Waals surface area contributed by atoms with Gasteiger partial charge in [0.1, 0.15) is 0 Å². The molecule has 0 aromatic rings. The van der Waals surface area contributed by atoms with Crippen LogP contribution in [0.4, 0.5) is 0 Å². The molecule has 0 bridgehead atoms. The van der Waals surface area contributed by atoms with Crippen molar-refractivity contribution in [1.29, 1.82) is 0 Å². The predicted octanol–water partition coefficient (Wildman–Crippen LogP) is -1.30. The fourth-order valence-corrected chi connectivity index (χ4v) is 0. The number of hydrogen-bond acceptors (Lipinski definition) is 0. The van der Waals surface area contributed by atoms with Gasteiger partial charge in [-0.05, 0) is 0 Å². The van der Waals surface area contributed by atoms with Crippen LogP contribution in [0, 0.1) is 0 Å². The van der Waals surface area contributed by atoms with E-state index in [0.29, 0.717) is 0 Å². The Morgan fingerprint density at radius 2 is 1.00 bits per heavy atom. The van der Waals surface area contributed by atoms with Gasteiger partial charge in [-0.25, -0.2) is 0 Å². The summed E-state index contributed by atoms with van der Waals surface area (Å²) in [5, 5.41) is 0. The first kappa shape index (κ1) is 34.7. The molecule has 5 heteroatoms. The molecule has 0 fully saturated rings. The van der Waals surface area contributed by atoms with Crippen LogP contribution in [0.2, 0.25) is 0 Å². The van der Waals surface area contributed by atoms with Crippen molar-refractivity contribution in [2.75, 3.05) is 0 Å². The molecule has 1 radical (unpaired) electrons. The summed E-state index contributed by atoms with van der Waals surface area (Å²) < 4.78 is 0. The van der Waals surface area contributed by atoms with Crippen molar-refractivity contribution < 1.29 is 53.6 Å². The molecule has 25 valence electrons. The molecule has 0 nitrogen and oxygen atoms in total. The largest absolute Gasteiger partial charge is 0 e. The van der Waals surface area contributed by atoms with Crippen LogP contribution in [0.5, 0.6) is 0 Å². The van der Waals surface area contributed by atoms with E-state index in [0.717, 1.165) is 0 Å². The van der Waals surface area contributed by atoms with E-state index >= 15 is 0 Å². The summed E-state index contributed by atoms with van der Waals surface area (Å²) in [4.78, 5) is 0. The first-order chi connectivity index (χ1) is 0. The van der Waals surface area contributed by atoms with E-state index in [9.17, 15) is 0 Å². The van der Waals surface area contributed by atoms with Crippen molar-refractivity contribution in [3.8, 4) is 0 Å². The second-order valence-corrected chi connectivity index (χ2v) is 0. The van der Waals surface area contributed by atoms with Crippen LogP contribution >= 0.6 is 0 Å². The standard InChI is InChI=1S/Cu.Fe.K.Na.Zn.2H. The minimum atomic E-state index is 0. The van der Waals surface area contributed by atoms with E-state index in [2.05, 4.69) is 0 Å². The molecule has 5 heavy (non-hydrogen) atoms. The van der Waals surface area contributed by atoms with Crippen molar-refractivity contribution in [3.05, 3.63) is 0 Å². The van der Waals surface area contributed by atoms with Crippen LogP contribution in [0.1, 0.15) is 0 Å². The summed E-state index contributed by atoms with van der Waals surface area (Å²) in [6.45, 7) is 0. The van der Waals surface area contributed by atoms with Gasteiger partial charge in [0, 0.05) is 53.6 Å². The molecule has 0 atom stereocenters. The number of rotatable bonds is 0. The molecule has 0 amide bonds. The molecule has 0 aliphatic carbocycles. The van der Waals surface area contributed by atoms with Gasteiger partial charge in [-0.15, -0.1) is 0 Å². The molecular formula is H2CuFeKNaZn. The van der Waals surface area contributed by atoms with Gasteiger partial charge in [-0.2, -0.15) is 0 Å². The molecule has 0 aliphatic heterocycles. The van der Waals surface area contributed by atoms with Gasteiger partial charge < -0.3 is 0 Å². The molecule has 0 saturated heterocycles. The maximum Gasteiger partial charge on any atom is 0 e. The van der Waals surface area contributed by atoms with Gasteiger partial charge in [-0.3, -0.25) is 0 Å². The van der Waals surface area contributed by atoms with E-state index in [4.69, 9.17) is 0 Å². The SMILES string of the molecule is [Cu].[Fe].[KH].[NaH].[Zn]. The van der Waals surface area contributed by atoms with Gasteiger partial charge in [0.05, 0.1) is 0 Å². The maximum absolute atomic E-state index is 0. The summed E-state index contributed by atoms with van der Waals surface area (Å²) in [5.74, 6) is 0. The quantitative estimate of drug-likeness (QED) is 0.468. The van der Waals surface area contributed by atoms with Crippen LogP contribution in [0.3, 0.4) is 0 Å². The first-order valence-electron chi connectivity index (χ1n) is 0. The number of hydrogen-bond donors (Lipinski definition) is 0. The van der Waals surface area contributed by atoms with Gasteiger partial charge in [0.25, 0.3) is 0 Å². The summed E-state index contributed by atoms with van der Waals surface area (Å²) in [5.41, 5.74) is 0. The normalized spacial score (nSPS) is 0. The fourth-order valence-electron chi connectivity index (χ4n) is 0. The van der Waals surface area contributed by atoms with Gasteiger partial charge in [0.15, 0.2) is 0 Å². The minimum Gasteiger partial charge on any atom is 0 e. The van der Waals surface area contributed by atoms with E-state index in [-0.39, 0.29) is 135 Å². The second-order valence-electron chi connectivity index (χ2n) is 0. The van der Waals surface area contributed by atoms with Gasteiger partial charge >= 0.3 is 80.9 Å². The topological polar surface area (TPSA) is 0 Å². The summed E-state index contributed by atoms with van der Waals surface area (Å²) in [6.07, 6.45) is 0. The third kappa shape index (κ3) is 17.8. The average Bonchev–Trinajstić information content (AvgIpc) is 0. The van der Waals surface area contributed by atoms with Crippen molar-refractivity contribution >= 4 is 80.9 Å². The molecule has 0 aliphatic rings. The minimum absolute atomic E-state index is 0. The maximum atomic E-state index is 0. The Balaban J connectivity index is 0. The molecule has 0 aromatic heterocycles. The smallest absolute Gasteiger partial charge is 0 e. The zero-order valence-corrected chi connectivity index (χ0v) is 6.38. The molecule has 0 unspecified atom stereocenters. The molecule has 0 heterocycles. The Hall–Kier alpha value is 4.30. The van der Waals surface area contributed by atoms with Crippen LogP contribution in [0.15, 0.2) is 0 Å². The zero-order chi connectivity index (χ0) is 0. The molecule has 0 spiro atoms. The van der Waals surface area contributed by atoms with Crippen molar-refractivity contribution in [2.24, 2.45) is 0 Å². The predicted molar refractivity (Wildman–Crippen MR) is 14.3 cm³/mol. The Bertz CT molecular complexity index is 11.6. The fraction of sp³-hybridized carbons (Fsp3) is 0. The summed E-state index contributed by atoms with van der Waals surface area (Å²) in [7, 11) is 0. The molecule has 0 saturated carbocycles. The summed E-state index contributed by atoms with van der Waals surface area (Å²) in [6, 6.07) is 0. The molecule has 0 N–H and O–H groups in total. The van der Waals surface area contributed by atoms with E-state index in [1.165, 1.54) is 0 Å². The third-order valence-corrected chi connectivity index (χ3v) is 0. The van der Waals surface area contributed by atoms with Gasteiger partial charge in [-0.1, -0.05) is 0 Å². The van der Waals surface area contributed by atoms with Crippen LogP contribution < -0.4 is 0 Å².